The predicted octanol–water partition coefficient (Wildman–Crippen LogP) is 4.72. The zero-order valence-corrected chi connectivity index (χ0v) is 33.0. The molecular weight excluding hydrogens is 732 g/mol. The number of aromatic nitrogens is 1. The summed E-state index contributed by atoms with van der Waals surface area (Å²) in [7, 11) is -4.28. The SMILES string of the molecule is CCC1(CC)CNc2c(cc(CCC(=O)N3CCN(CC(=O)O)CC3)cc2S(=O)(=O)N[C@@H](Cc2nc3ccccc3s2)C(=O)N2CCC(CCF)CC2)C1. The highest BCUT2D eigenvalue weighted by atomic mass is 32.2. The second kappa shape index (κ2) is 17.4. The molecule has 0 aliphatic carbocycles. The van der Waals surface area contributed by atoms with Crippen LogP contribution < -0.4 is 10.0 Å². The molecule has 0 saturated carbocycles. The minimum absolute atomic E-state index is 0.0504. The first-order valence-corrected chi connectivity index (χ1v) is 21.6. The van der Waals surface area contributed by atoms with Gasteiger partial charge in [0.05, 0.1) is 34.1 Å². The molecule has 1 atom stereocenters. The highest BCUT2D eigenvalue weighted by Crippen LogP contribution is 2.41. The standard InChI is InChI=1S/C39H53FN6O6S2/c1-3-39(4-2)24-29-21-28(9-10-35(47)45-19-17-44(18-20-45)25-36(48)49)22-33(37(29)41-26-39)54(51,52)43-31(23-34-42-30-7-5-6-8-32(30)53-34)38(50)46-15-12-27(11-14-40)13-16-46/h5-8,21-22,27,31,41,43H,3-4,9-20,23-26H2,1-2H3,(H,48,49)/t31-/m0/s1. The van der Waals surface area contributed by atoms with E-state index in [-0.39, 0.29) is 47.4 Å². The number of amides is 2. The van der Waals surface area contributed by atoms with Crippen molar-refractivity contribution in [1.29, 1.82) is 0 Å². The number of hydrogen-bond donors (Lipinski definition) is 3. The summed E-state index contributed by atoms with van der Waals surface area (Å²) in [4.78, 5) is 48.7. The first-order chi connectivity index (χ1) is 25.9. The van der Waals surface area contributed by atoms with Crippen molar-refractivity contribution in [1.82, 2.24) is 24.4 Å². The Morgan fingerprint density at radius 3 is 2.44 bits per heavy atom. The quantitative estimate of drug-likeness (QED) is 0.199. The van der Waals surface area contributed by atoms with Crippen molar-refractivity contribution in [3.63, 3.8) is 0 Å². The molecule has 1 aromatic heterocycles. The minimum atomic E-state index is -4.28. The molecule has 0 radical (unpaired) electrons. The highest BCUT2D eigenvalue weighted by molar-refractivity contribution is 7.89. The number of carboxylic acids is 1. The first-order valence-electron chi connectivity index (χ1n) is 19.3. The molecule has 3 aromatic rings. The molecule has 3 aliphatic heterocycles. The van der Waals surface area contributed by atoms with Crippen LogP contribution in [0.4, 0.5) is 10.1 Å². The molecule has 4 heterocycles. The van der Waals surface area contributed by atoms with E-state index in [1.54, 1.807) is 15.9 Å². The van der Waals surface area contributed by atoms with Gasteiger partial charge >= 0.3 is 5.97 Å². The summed E-state index contributed by atoms with van der Waals surface area (Å²) in [5.74, 6) is -1.07. The third kappa shape index (κ3) is 9.40. The van der Waals surface area contributed by atoms with Gasteiger partial charge in [-0.05, 0) is 85.6 Å². The molecule has 2 amide bonds. The average Bonchev–Trinajstić information content (AvgIpc) is 3.58. The number of anilines is 1. The number of nitrogens with zero attached hydrogens (tertiary/aromatic N) is 4. The summed E-state index contributed by atoms with van der Waals surface area (Å²) in [5.41, 5.74) is 2.87. The molecule has 54 heavy (non-hydrogen) atoms. The van der Waals surface area contributed by atoms with Gasteiger partial charge in [-0.25, -0.2) is 13.4 Å². The van der Waals surface area contributed by atoms with Crippen LogP contribution >= 0.6 is 11.3 Å². The number of halogens is 1. The maximum absolute atomic E-state index is 14.6. The van der Waals surface area contributed by atoms with Gasteiger partial charge in [-0.2, -0.15) is 4.72 Å². The number of rotatable bonds is 15. The molecule has 2 fully saturated rings. The number of nitrogens with one attached hydrogen (secondary N) is 2. The molecule has 6 rings (SSSR count). The molecule has 294 valence electrons. The van der Waals surface area contributed by atoms with E-state index in [1.165, 1.54) is 11.3 Å². The minimum Gasteiger partial charge on any atom is -0.480 e. The van der Waals surface area contributed by atoms with E-state index in [0.717, 1.165) is 34.2 Å². The van der Waals surface area contributed by atoms with Gasteiger partial charge in [0, 0.05) is 58.7 Å². The van der Waals surface area contributed by atoms with Crippen molar-refractivity contribution in [3.8, 4) is 0 Å². The summed E-state index contributed by atoms with van der Waals surface area (Å²) >= 11 is 1.44. The van der Waals surface area contributed by atoms with Gasteiger partial charge in [0.2, 0.25) is 21.8 Å². The summed E-state index contributed by atoms with van der Waals surface area (Å²) < 4.78 is 46.1. The Balaban J connectivity index is 1.27. The van der Waals surface area contributed by atoms with E-state index >= 15 is 0 Å². The third-order valence-corrected chi connectivity index (χ3v) is 14.3. The predicted molar refractivity (Wildman–Crippen MR) is 208 cm³/mol. The topological polar surface area (TPSA) is 152 Å². The van der Waals surface area contributed by atoms with Crippen LogP contribution in [0.2, 0.25) is 0 Å². The summed E-state index contributed by atoms with van der Waals surface area (Å²) in [6, 6.07) is 10.2. The number of aryl methyl sites for hydroxylation is 1. The van der Waals surface area contributed by atoms with E-state index in [2.05, 4.69) is 23.9 Å². The lowest BCUT2D eigenvalue weighted by molar-refractivity contribution is -0.139. The Bertz CT molecular complexity index is 1890. The largest absolute Gasteiger partial charge is 0.480 e. The van der Waals surface area contributed by atoms with Crippen LogP contribution in [-0.2, 0) is 43.7 Å². The highest BCUT2D eigenvalue weighted by Gasteiger charge is 2.37. The fraction of sp³-hybridized carbons (Fsp3) is 0.590. The van der Waals surface area contributed by atoms with Gasteiger partial charge in [-0.15, -0.1) is 11.3 Å². The monoisotopic (exact) mass is 784 g/mol. The summed E-state index contributed by atoms with van der Waals surface area (Å²) in [5, 5.41) is 13.2. The number of carbonyl (C=O) groups is 3. The van der Waals surface area contributed by atoms with E-state index in [9.17, 15) is 27.2 Å². The molecule has 0 bridgehead atoms. The zero-order chi connectivity index (χ0) is 38.5. The van der Waals surface area contributed by atoms with Gasteiger partial charge in [0.15, 0.2) is 0 Å². The Kier molecular flexibility index (Phi) is 12.9. The van der Waals surface area contributed by atoms with Crippen LogP contribution in [0.25, 0.3) is 10.2 Å². The maximum Gasteiger partial charge on any atom is 0.317 e. The number of thiazole rings is 1. The molecule has 0 spiro atoms. The fourth-order valence-electron chi connectivity index (χ4n) is 8.11. The number of fused-ring (bicyclic) bond motifs is 2. The lowest BCUT2D eigenvalue weighted by Gasteiger charge is -2.39. The molecule has 3 aliphatic rings. The number of benzene rings is 2. The van der Waals surface area contributed by atoms with Gasteiger partial charge in [0.1, 0.15) is 10.9 Å². The van der Waals surface area contributed by atoms with E-state index in [4.69, 9.17) is 10.1 Å². The molecule has 3 N–H and O–H groups in total. The normalized spacial score (nSPS) is 18.6. The van der Waals surface area contributed by atoms with Crippen LogP contribution in [0.1, 0.15) is 68.5 Å². The van der Waals surface area contributed by atoms with Crippen LogP contribution in [0.5, 0.6) is 0 Å². The van der Waals surface area contributed by atoms with Crippen molar-refractivity contribution >= 4 is 55.0 Å². The van der Waals surface area contributed by atoms with Crippen molar-refractivity contribution in [3.05, 3.63) is 52.5 Å². The summed E-state index contributed by atoms with van der Waals surface area (Å²) in [6.07, 6.45) is 4.90. The molecule has 0 unspecified atom stereocenters. The number of hydrogen-bond acceptors (Lipinski definition) is 9. The first kappa shape index (κ1) is 40.0. The number of carboxylic acid groups (broad SMARTS) is 1. The van der Waals surface area contributed by atoms with Gasteiger partial charge in [0.25, 0.3) is 0 Å². The zero-order valence-electron chi connectivity index (χ0n) is 31.3. The second-order valence-corrected chi connectivity index (χ2v) is 17.9. The van der Waals surface area contributed by atoms with E-state index in [1.807, 2.05) is 35.2 Å². The van der Waals surface area contributed by atoms with Crippen LogP contribution in [0.15, 0.2) is 41.3 Å². The van der Waals surface area contributed by atoms with Gasteiger partial charge in [-0.3, -0.25) is 23.7 Å². The molecular formula is C39H53FN6O6S2. The number of alkyl halides is 1. The number of likely N-dealkylation sites (tertiary alicyclic amines) is 1. The second-order valence-electron chi connectivity index (χ2n) is 15.1. The number of piperidine rings is 1. The van der Waals surface area contributed by atoms with Crippen molar-refractivity contribution in [2.45, 2.75) is 82.6 Å². The van der Waals surface area contributed by atoms with Crippen molar-refractivity contribution in [2.75, 3.05) is 64.3 Å². The summed E-state index contributed by atoms with van der Waals surface area (Å²) in [6.45, 7) is 7.18. The number of carbonyl (C=O) groups excluding carboxylic acids is 2. The lowest BCUT2D eigenvalue weighted by atomic mass is 9.74. The van der Waals surface area contributed by atoms with Crippen LogP contribution in [0.3, 0.4) is 0 Å². The molecule has 15 heteroatoms. The molecule has 12 nitrogen and oxygen atoms in total. The van der Waals surface area contributed by atoms with Crippen molar-refractivity contribution < 1.29 is 32.3 Å². The Morgan fingerprint density at radius 2 is 1.78 bits per heavy atom. The number of sulfonamides is 1. The van der Waals surface area contributed by atoms with Crippen LogP contribution in [-0.4, -0.2) is 116 Å². The number of aliphatic carboxylic acids is 1. The molecule has 2 saturated heterocycles. The number of para-hydroxylation sites is 1. The van der Waals surface area contributed by atoms with Crippen LogP contribution in [0, 0.1) is 11.3 Å². The van der Waals surface area contributed by atoms with Crippen molar-refractivity contribution in [2.24, 2.45) is 11.3 Å². The number of piperazine rings is 1. The average molecular weight is 785 g/mol. The molecule has 2 aromatic carbocycles. The van der Waals surface area contributed by atoms with E-state index in [0.29, 0.717) is 88.6 Å². The lowest BCUT2D eigenvalue weighted by Crippen LogP contribution is -2.51. The Hall–Kier alpha value is -3.66. The third-order valence-electron chi connectivity index (χ3n) is 11.7. The Labute approximate surface area is 321 Å². The maximum atomic E-state index is 14.6. The van der Waals surface area contributed by atoms with Gasteiger partial charge < -0.3 is 20.2 Å². The van der Waals surface area contributed by atoms with E-state index < -0.39 is 28.7 Å². The van der Waals surface area contributed by atoms with Gasteiger partial charge in [-0.1, -0.05) is 32.0 Å². The smallest absolute Gasteiger partial charge is 0.317 e. The Morgan fingerprint density at radius 1 is 1.06 bits per heavy atom. The fourth-order valence-corrected chi connectivity index (χ4v) is 10.6.